The van der Waals surface area contributed by atoms with E-state index in [2.05, 4.69) is 4.74 Å². The molecule has 0 saturated carbocycles. The second-order valence-electron chi connectivity index (χ2n) is 3.75. The van der Waals surface area contributed by atoms with Gasteiger partial charge >= 0.3 is 5.97 Å². The van der Waals surface area contributed by atoms with E-state index >= 15 is 0 Å². The van der Waals surface area contributed by atoms with Crippen LogP contribution in [0.2, 0.25) is 0 Å². The number of carbonyl (C=O) groups is 2. The molecular formula is C14H12O3S. The van der Waals surface area contributed by atoms with E-state index in [0.717, 1.165) is 4.88 Å². The molecule has 0 saturated heterocycles. The van der Waals surface area contributed by atoms with Gasteiger partial charge in [-0.25, -0.2) is 4.79 Å². The number of hydrogen-bond acceptors (Lipinski definition) is 4. The molecule has 0 spiro atoms. The van der Waals surface area contributed by atoms with Gasteiger partial charge in [0, 0.05) is 16.9 Å². The van der Waals surface area contributed by atoms with E-state index in [4.69, 9.17) is 0 Å². The number of methoxy groups -OCH3 is 1. The van der Waals surface area contributed by atoms with Crippen LogP contribution in [0.5, 0.6) is 0 Å². The maximum Gasteiger partial charge on any atom is 0.337 e. The molecule has 0 aliphatic carbocycles. The van der Waals surface area contributed by atoms with Gasteiger partial charge in [-0.3, -0.25) is 4.79 Å². The van der Waals surface area contributed by atoms with E-state index in [-0.39, 0.29) is 5.78 Å². The topological polar surface area (TPSA) is 43.4 Å². The van der Waals surface area contributed by atoms with Crippen LogP contribution in [0.4, 0.5) is 0 Å². The van der Waals surface area contributed by atoms with Crippen LogP contribution < -0.4 is 0 Å². The van der Waals surface area contributed by atoms with Crippen molar-refractivity contribution in [3.8, 4) is 0 Å². The molecule has 0 radical (unpaired) electrons. The molecule has 0 aliphatic rings. The van der Waals surface area contributed by atoms with Crippen LogP contribution in [0.15, 0.2) is 41.8 Å². The molecule has 2 rings (SSSR count). The number of ketones is 1. The summed E-state index contributed by atoms with van der Waals surface area (Å²) in [6.07, 6.45) is 0.398. The second-order valence-corrected chi connectivity index (χ2v) is 4.78. The lowest BCUT2D eigenvalue weighted by atomic mass is 10.1. The zero-order valence-corrected chi connectivity index (χ0v) is 10.7. The quantitative estimate of drug-likeness (QED) is 0.627. The average Bonchev–Trinajstić information content (AvgIpc) is 2.91. The maximum atomic E-state index is 12.0. The standard InChI is InChI=1S/C14H12O3S/c1-17-14(16)11-6-4-10(5-7-11)13(15)9-12-3-2-8-18-12/h2-8H,9H2,1H3. The first-order valence-corrected chi connectivity index (χ1v) is 6.32. The highest BCUT2D eigenvalue weighted by molar-refractivity contribution is 7.10. The number of ether oxygens (including phenoxy) is 1. The Morgan fingerprint density at radius 3 is 2.33 bits per heavy atom. The Morgan fingerprint density at radius 2 is 1.78 bits per heavy atom. The summed E-state index contributed by atoms with van der Waals surface area (Å²) in [6.45, 7) is 0. The summed E-state index contributed by atoms with van der Waals surface area (Å²) in [5.41, 5.74) is 1.06. The Kier molecular flexibility index (Phi) is 3.89. The molecule has 4 heteroatoms. The molecule has 1 aromatic carbocycles. The van der Waals surface area contributed by atoms with Crippen LogP contribution in [0, 0.1) is 0 Å². The van der Waals surface area contributed by atoms with Crippen LogP contribution in [0.3, 0.4) is 0 Å². The van der Waals surface area contributed by atoms with Gasteiger partial charge in [0.05, 0.1) is 12.7 Å². The van der Waals surface area contributed by atoms with Gasteiger partial charge in [0.25, 0.3) is 0 Å². The van der Waals surface area contributed by atoms with Crippen molar-refractivity contribution in [2.24, 2.45) is 0 Å². The van der Waals surface area contributed by atoms with Crippen molar-refractivity contribution in [3.05, 3.63) is 57.8 Å². The highest BCUT2D eigenvalue weighted by Gasteiger charge is 2.10. The van der Waals surface area contributed by atoms with Gasteiger partial charge in [-0.2, -0.15) is 0 Å². The van der Waals surface area contributed by atoms with Gasteiger partial charge in [-0.05, 0) is 23.6 Å². The minimum Gasteiger partial charge on any atom is -0.465 e. The molecule has 0 atom stereocenters. The maximum absolute atomic E-state index is 12.0. The number of Topliss-reactive ketones (excluding diaryl/α,β-unsaturated/α-hetero) is 1. The molecule has 0 amide bonds. The van der Waals surface area contributed by atoms with Crippen molar-refractivity contribution in [1.82, 2.24) is 0 Å². The molecule has 2 aromatic rings. The summed E-state index contributed by atoms with van der Waals surface area (Å²) in [6, 6.07) is 10.4. The summed E-state index contributed by atoms with van der Waals surface area (Å²) >= 11 is 1.56. The average molecular weight is 260 g/mol. The van der Waals surface area contributed by atoms with Crippen LogP contribution in [0.25, 0.3) is 0 Å². The van der Waals surface area contributed by atoms with Gasteiger partial charge in [-0.15, -0.1) is 11.3 Å². The van der Waals surface area contributed by atoms with Crippen LogP contribution in [-0.2, 0) is 11.2 Å². The fraction of sp³-hybridized carbons (Fsp3) is 0.143. The number of hydrogen-bond donors (Lipinski definition) is 0. The van der Waals surface area contributed by atoms with E-state index in [9.17, 15) is 9.59 Å². The SMILES string of the molecule is COC(=O)c1ccc(C(=O)Cc2cccs2)cc1. The summed E-state index contributed by atoms with van der Waals surface area (Å²) in [4.78, 5) is 24.2. The normalized spacial score (nSPS) is 10.1. The summed E-state index contributed by atoms with van der Waals surface area (Å²) in [5.74, 6) is -0.346. The minimum absolute atomic E-state index is 0.0499. The minimum atomic E-state index is -0.396. The predicted molar refractivity (Wildman–Crippen MR) is 70.1 cm³/mol. The van der Waals surface area contributed by atoms with Crippen molar-refractivity contribution in [2.45, 2.75) is 6.42 Å². The fourth-order valence-corrected chi connectivity index (χ4v) is 2.29. The van der Waals surface area contributed by atoms with E-state index in [0.29, 0.717) is 17.5 Å². The van der Waals surface area contributed by atoms with Crippen molar-refractivity contribution in [1.29, 1.82) is 0 Å². The van der Waals surface area contributed by atoms with Gasteiger partial charge in [0.2, 0.25) is 0 Å². The first kappa shape index (κ1) is 12.5. The van der Waals surface area contributed by atoms with Crippen molar-refractivity contribution < 1.29 is 14.3 Å². The highest BCUT2D eigenvalue weighted by atomic mass is 32.1. The molecule has 0 N–H and O–H groups in total. The molecule has 1 aromatic heterocycles. The lowest BCUT2D eigenvalue weighted by Crippen LogP contribution is -2.05. The van der Waals surface area contributed by atoms with E-state index in [1.807, 2.05) is 17.5 Å². The third kappa shape index (κ3) is 2.84. The predicted octanol–water partition coefficient (Wildman–Crippen LogP) is 2.96. The van der Waals surface area contributed by atoms with Gasteiger partial charge in [0.1, 0.15) is 0 Å². The van der Waals surface area contributed by atoms with Gasteiger partial charge in [-0.1, -0.05) is 18.2 Å². The Balaban J connectivity index is 2.09. The molecular weight excluding hydrogens is 248 g/mol. The molecule has 0 bridgehead atoms. The number of esters is 1. The molecule has 1 heterocycles. The monoisotopic (exact) mass is 260 g/mol. The molecule has 3 nitrogen and oxygen atoms in total. The van der Waals surface area contributed by atoms with E-state index in [1.165, 1.54) is 7.11 Å². The highest BCUT2D eigenvalue weighted by Crippen LogP contribution is 2.13. The summed E-state index contributed by atoms with van der Waals surface area (Å²) in [7, 11) is 1.33. The van der Waals surface area contributed by atoms with Crippen molar-refractivity contribution in [2.75, 3.05) is 7.11 Å². The lowest BCUT2D eigenvalue weighted by molar-refractivity contribution is 0.0600. The van der Waals surface area contributed by atoms with E-state index < -0.39 is 5.97 Å². The third-order valence-corrected chi connectivity index (χ3v) is 3.42. The number of thiophene rings is 1. The Bertz CT molecular complexity index is 541. The molecule has 18 heavy (non-hydrogen) atoms. The van der Waals surface area contributed by atoms with Gasteiger partial charge < -0.3 is 4.74 Å². The summed E-state index contributed by atoms with van der Waals surface area (Å²) < 4.78 is 4.60. The first-order valence-electron chi connectivity index (χ1n) is 5.44. The Hall–Kier alpha value is -1.94. The second kappa shape index (κ2) is 5.60. The Morgan fingerprint density at radius 1 is 1.11 bits per heavy atom. The molecule has 0 unspecified atom stereocenters. The van der Waals surface area contributed by atoms with Crippen LogP contribution in [-0.4, -0.2) is 18.9 Å². The van der Waals surface area contributed by atoms with Crippen molar-refractivity contribution >= 4 is 23.1 Å². The number of benzene rings is 1. The van der Waals surface area contributed by atoms with Crippen LogP contribution in [0.1, 0.15) is 25.6 Å². The fourth-order valence-electron chi connectivity index (χ4n) is 1.58. The van der Waals surface area contributed by atoms with Crippen molar-refractivity contribution in [3.63, 3.8) is 0 Å². The van der Waals surface area contributed by atoms with Crippen LogP contribution >= 0.6 is 11.3 Å². The summed E-state index contributed by atoms with van der Waals surface area (Å²) in [5, 5.41) is 1.95. The molecule has 0 fully saturated rings. The molecule has 92 valence electrons. The zero-order valence-electron chi connectivity index (χ0n) is 9.88. The zero-order chi connectivity index (χ0) is 13.0. The Labute approximate surface area is 109 Å². The smallest absolute Gasteiger partial charge is 0.337 e. The molecule has 0 aliphatic heterocycles. The lowest BCUT2D eigenvalue weighted by Gasteiger charge is -2.02. The number of carbonyl (C=O) groups excluding carboxylic acids is 2. The number of rotatable bonds is 4. The van der Waals surface area contributed by atoms with Gasteiger partial charge in [0.15, 0.2) is 5.78 Å². The van der Waals surface area contributed by atoms with E-state index in [1.54, 1.807) is 35.6 Å². The largest absolute Gasteiger partial charge is 0.465 e. The first-order chi connectivity index (χ1) is 8.70. The third-order valence-electron chi connectivity index (χ3n) is 2.54.